The van der Waals surface area contributed by atoms with Crippen LogP contribution in [0.4, 0.5) is 4.39 Å². The van der Waals surface area contributed by atoms with Gasteiger partial charge >= 0.3 is 0 Å². The molecular weight excluding hydrogens is 315 g/mol. The Hall–Kier alpha value is -2.43. The van der Waals surface area contributed by atoms with E-state index in [1.807, 2.05) is 29.1 Å². The van der Waals surface area contributed by atoms with Crippen molar-refractivity contribution in [2.24, 2.45) is 0 Å². The number of ether oxygens (including phenoxy) is 1. The van der Waals surface area contributed by atoms with Gasteiger partial charge in [0.15, 0.2) is 0 Å². The van der Waals surface area contributed by atoms with Gasteiger partial charge in [0.1, 0.15) is 12.0 Å². The molecule has 0 saturated carbocycles. The number of aromatic nitrogens is 1. The molecule has 1 aliphatic rings. The van der Waals surface area contributed by atoms with Crippen molar-refractivity contribution >= 4 is 0 Å². The third-order valence-corrected chi connectivity index (χ3v) is 4.56. The first-order valence-corrected chi connectivity index (χ1v) is 8.54. The number of hydrogen-bond acceptors (Lipinski definition) is 2. The van der Waals surface area contributed by atoms with Gasteiger partial charge in [0.05, 0.1) is 6.61 Å². The Balaban J connectivity index is 1.54. The highest BCUT2D eigenvalue weighted by Gasteiger charge is 2.27. The zero-order valence-electron chi connectivity index (χ0n) is 14.2. The second-order valence-electron chi connectivity index (χ2n) is 6.51. The van der Waals surface area contributed by atoms with Crippen LogP contribution in [0.25, 0.3) is 5.69 Å². The second-order valence-corrected chi connectivity index (χ2v) is 6.51. The molecule has 1 aromatic heterocycles. The Labute approximate surface area is 147 Å². The van der Waals surface area contributed by atoms with E-state index < -0.39 is 0 Å². The maximum atomic E-state index is 13.5. The summed E-state index contributed by atoms with van der Waals surface area (Å²) in [4.78, 5) is 2.33. The summed E-state index contributed by atoms with van der Waals surface area (Å²) in [6.07, 6.45) is 3.92. The van der Waals surface area contributed by atoms with E-state index in [0.29, 0.717) is 0 Å². The minimum absolute atomic E-state index is 0.0599. The molecule has 4 rings (SSSR count). The molecule has 0 N–H and O–H groups in total. The summed E-state index contributed by atoms with van der Waals surface area (Å²) in [6.45, 7) is 4.60. The van der Waals surface area contributed by atoms with E-state index in [1.165, 1.54) is 23.3 Å². The van der Waals surface area contributed by atoms with Crippen molar-refractivity contribution in [3.05, 3.63) is 89.5 Å². The number of rotatable bonds is 4. The zero-order valence-corrected chi connectivity index (χ0v) is 14.2. The first kappa shape index (κ1) is 16.1. The van der Waals surface area contributed by atoms with Crippen molar-refractivity contribution in [1.82, 2.24) is 9.47 Å². The molecule has 1 atom stereocenters. The first-order chi connectivity index (χ1) is 12.2. The van der Waals surface area contributed by atoms with Crippen molar-refractivity contribution in [3.63, 3.8) is 0 Å². The lowest BCUT2D eigenvalue weighted by Crippen LogP contribution is -2.23. The third-order valence-electron chi connectivity index (χ3n) is 4.56. The second kappa shape index (κ2) is 6.82. The van der Waals surface area contributed by atoms with E-state index in [4.69, 9.17) is 4.74 Å². The van der Waals surface area contributed by atoms with Crippen LogP contribution in [0.3, 0.4) is 0 Å². The van der Waals surface area contributed by atoms with Crippen LogP contribution in [0.15, 0.2) is 67.0 Å². The van der Waals surface area contributed by atoms with Crippen LogP contribution in [-0.4, -0.2) is 22.6 Å². The monoisotopic (exact) mass is 336 g/mol. The van der Waals surface area contributed by atoms with Crippen molar-refractivity contribution in [1.29, 1.82) is 0 Å². The largest absolute Gasteiger partial charge is 0.357 e. The van der Waals surface area contributed by atoms with Crippen molar-refractivity contribution in [2.45, 2.75) is 19.7 Å². The average Bonchev–Trinajstić information content (AvgIpc) is 3.24. The minimum atomic E-state index is -0.231. The minimum Gasteiger partial charge on any atom is -0.357 e. The topological polar surface area (TPSA) is 17.4 Å². The molecule has 3 aromatic rings. The lowest BCUT2D eigenvalue weighted by Gasteiger charge is -2.22. The molecule has 0 aliphatic carbocycles. The Morgan fingerprint density at radius 2 is 2.00 bits per heavy atom. The van der Waals surface area contributed by atoms with Crippen LogP contribution in [0, 0.1) is 12.7 Å². The Morgan fingerprint density at radius 3 is 2.84 bits per heavy atom. The molecule has 128 valence electrons. The van der Waals surface area contributed by atoms with Gasteiger partial charge in [-0.25, -0.2) is 4.39 Å². The van der Waals surface area contributed by atoms with E-state index in [0.717, 1.165) is 30.9 Å². The number of nitrogens with zero attached hydrogens (tertiary/aromatic N) is 2. The summed E-state index contributed by atoms with van der Waals surface area (Å²) >= 11 is 0. The van der Waals surface area contributed by atoms with Crippen LogP contribution >= 0.6 is 0 Å². The van der Waals surface area contributed by atoms with Crippen molar-refractivity contribution in [3.8, 4) is 5.69 Å². The number of aryl methyl sites for hydroxylation is 1. The quantitative estimate of drug-likeness (QED) is 0.700. The standard InChI is InChI=1S/C21H21FN2O/c1-16-4-2-5-17(12-16)14-24-10-11-25-21(24)18-8-9-23(15-18)20-7-3-6-19(22)13-20/h2-9,12-13,15,21H,10-11,14H2,1H3/t21-/m0/s1. The lowest BCUT2D eigenvalue weighted by atomic mass is 10.1. The van der Waals surface area contributed by atoms with Gasteiger partial charge in [0, 0.05) is 36.7 Å². The fourth-order valence-electron chi connectivity index (χ4n) is 3.37. The van der Waals surface area contributed by atoms with Crippen LogP contribution < -0.4 is 0 Å². The number of halogens is 1. The molecule has 1 saturated heterocycles. The van der Waals surface area contributed by atoms with E-state index in [2.05, 4.69) is 36.1 Å². The van der Waals surface area contributed by atoms with Gasteiger partial charge in [-0.3, -0.25) is 4.90 Å². The molecule has 1 aliphatic heterocycles. The number of hydrogen-bond donors (Lipinski definition) is 0. The Kier molecular flexibility index (Phi) is 4.38. The zero-order chi connectivity index (χ0) is 17.2. The fraction of sp³-hybridized carbons (Fsp3) is 0.238. The lowest BCUT2D eigenvalue weighted by molar-refractivity contribution is 0.0288. The summed E-state index contributed by atoms with van der Waals surface area (Å²) in [7, 11) is 0. The van der Waals surface area contributed by atoms with Gasteiger partial charge in [0.25, 0.3) is 0 Å². The summed E-state index contributed by atoms with van der Waals surface area (Å²) in [5, 5.41) is 0. The molecular formula is C21H21FN2O. The predicted octanol–water partition coefficient (Wildman–Crippen LogP) is 4.46. The molecule has 4 heteroatoms. The predicted molar refractivity (Wildman–Crippen MR) is 96.0 cm³/mol. The molecule has 25 heavy (non-hydrogen) atoms. The van der Waals surface area contributed by atoms with Crippen LogP contribution in [0.1, 0.15) is 22.9 Å². The smallest absolute Gasteiger partial charge is 0.138 e. The van der Waals surface area contributed by atoms with Gasteiger partial charge in [0.2, 0.25) is 0 Å². The van der Waals surface area contributed by atoms with Gasteiger partial charge in [-0.1, -0.05) is 35.9 Å². The molecule has 1 fully saturated rings. The van der Waals surface area contributed by atoms with Gasteiger partial charge < -0.3 is 9.30 Å². The van der Waals surface area contributed by atoms with Gasteiger partial charge in [-0.2, -0.15) is 0 Å². The highest BCUT2D eigenvalue weighted by Crippen LogP contribution is 2.29. The van der Waals surface area contributed by atoms with Crippen molar-refractivity contribution < 1.29 is 9.13 Å². The first-order valence-electron chi connectivity index (χ1n) is 8.54. The van der Waals surface area contributed by atoms with Crippen LogP contribution in [0.5, 0.6) is 0 Å². The summed E-state index contributed by atoms with van der Waals surface area (Å²) in [5.74, 6) is -0.231. The van der Waals surface area contributed by atoms with E-state index in [9.17, 15) is 4.39 Å². The molecule has 3 nitrogen and oxygen atoms in total. The van der Waals surface area contributed by atoms with Gasteiger partial charge in [-0.15, -0.1) is 0 Å². The number of benzene rings is 2. The SMILES string of the molecule is Cc1cccc(CN2CCO[C@H]2c2ccn(-c3cccc(F)c3)c2)c1. The highest BCUT2D eigenvalue weighted by atomic mass is 19.1. The molecule has 0 spiro atoms. The maximum Gasteiger partial charge on any atom is 0.138 e. The average molecular weight is 336 g/mol. The summed E-state index contributed by atoms with van der Waals surface area (Å²) in [5.41, 5.74) is 4.47. The maximum absolute atomic E-state index is 13.5. The van der Waals surface area contributed by atoms with Crippen LogP contribution in [-0.2, 0) is 11.3 Å². The van der Waals surface area contributed by atoms with E-state index in [1.54, 1.807) is 6.07 Å². The molecule has 2 heterocycles. The van der Waals surface area contributed by atoms with E-state index >= 15 is 0 Å². The van der Waals surface area contributed by atoms with Gasteiger partial charge in [-0.05, 0) is 36.8 Å². The molecule has 0 unspecified atom stereocenters. The molecule has 0 bridgehead atoms. The summed E-state index contributed by atoms with van der Waals surface area (Å²) < 4.78 is 21.4. The molecule has 2 aromatic carbocycles. The molecule has 0 radical (unpaired) electrons. The highest BCUT2D eigenvalue weighted by molar-refractivity contribution is 5.34. The Bertz CT molecular complexity index is 874. The van der Waals surface area contributed by atoms with E-state index in [-0.39, 0.29) is 12.0 Å². The van der Waals surface area contributed by atoms with Crippen LogP contribution in [0.2, 0.25) is 0 Å². The Morgan fingerprint density at radius 1 is 1.12 bits per heavy atom. The molecule has 0 amide bonds. The normalized spacial score (nSPS) is 17.9. The fourth-order valence-corrected chi connectivity index (χ4v) is 3.37. The summed E-state index contributed by atoms with van der Waals surface area (Å²) in [6, 6.07) is 17.2. The van der Waals surface area contributed by atoms with Crippen molar-refractivity contribution in [2.75, 3.05) is 13.2 Å². The third kappa shape index (κ3) is 3.50.